The van der Waals surface area contributed by atoms with Gasteiger partial charge in [-0.05, 0) is 56.7 Å². The number of nitro benzene ring substituents is 2. The van der Waals surface area contributed by atoms with Crippen LogP contribution in [0.2, 0.25) is 10.0 Å². The molecule has 0 saturated heterocycles. The SMILES string of the molecule is C=CC(=O)OCCOC(=O)CCCOc1cc([N+](=O)[O-])c(C(C)Cl)cc1CO.C=CC(=O)OCCOC(=O)CCOCc1cc([N+](=O)[O-])c(C(C)Oc2cc3oc(=O)c(C(=O)OCCOC(=O)C=C)cc3cc2Cl)cc1OC.C=CC(=O)OCCOC(=O)c1cc2cc(Cl)c(O)cc2oc1=O. The van der Waals surface area contributed by atoms with E-state index in [1.807, 2.05) is 0 Å². The first-order valence-corrected chi connectivity index (χ1v) is 30.6. The van der Waals surface area contributed by atoms with Gasteiger partial charge in [-0.15, -0.1) is 11.6 Å². The third-order valence-corrected chi connectivity index (χ3v) is 13.7. The largest absolute Gasteiger partial charge is 0.506 e. The number of phenols is 1. The Balaban J connectivity index is 0.000000356. The fraction of sp³-hybridized carbons (Fsp3) is 0.303. The van der Waals surface area contributed by atoms with Crippen molar-refractivity contribution >= 4 is 116 Å². The van der Waals surface area contributed by atoms with Gasteiger partial charge in [-0.3, -0.25) is 29.8 Å². The molecule has 32 nitrogen and oxygen atoms in total. The highest BCUT2D eigenvalue weighted by atomic mass is 35.5. The second-order valence-electron chi connectivity index (χ2n) is 19.8. The molecule has 0 aliphatic heterocycles. The summed E-state index contributed by atoms with van der Waals surface area (Å²) in [6.07, 6.45) is 3.12. The van der Waals surface area contributed by atoms with Crippen LogP contribution in [0.4, 0.5) is 11.4 Å². The second kappa shape index (κ2) is 41.9. The van der Waals surface area contributed by atoms with Crippen molar-refractivity contribution in [1.82, 2.24) is 0 Å². The lowest BCUT2D eigenvalue weighted by Crippen LogP contribution is -2.19. The monoisotopic (exact) mass is 1470 g/mol. The fourth-order valence-corrected chi connectivity index (χ4v) is 8.64. The minimum absolute atomic E-state index is 0.00218. The predicted octanol–water partition coefficient (Wildman–Crippen LogP) is 9.42. The summed E-state index contributed by atoms with van der Waals surface area (Å²) < 4.78 is 70.9. The Morgan fingerprint density at radius 2 is 1.00 bits per heavy atom. The lowest BCUT2D eigenvalue weighted by molar-refractivity contribution is -0.386. The number of fused-ring (bicyclic) bond motifs is 2. The van der Waals surface area contributed by atoms with E-state index in [0.717, 1.165) is 24.3 Å². The number of carbonyl (C=O) groups excluding carboxylic acids is 8. The van der Waals surface area contributed by atoms with Gasteiger partial charge in [0.2, 0.25) is 0 Å². The minimum Gasteiger partial charge on any atom is -0.506 e. The zero-order chi connectivity index (χ0) is 74.9. The number of alkyl halides is 1. The first kappa shape index (κ1) is 82.2. The highest BCUT2D eigenvalue weighted by molar-refractivity contribution is 6.33. The van der Waals surface area contributed by atoms with Gasteiger partial charge in [0.1, 0.15) is 104 Å². The van der Waals surface area contributed by atoms with Crippen molar-refractivity contribution in [3.8, 4) is 23.0 Å². The van der Waals surface area contributed by atoms with Gasteiger partial charge in [-0.2, -0.15) is 0 Å². The highest BCUT2D eigenvalue weighted by Crippen LogP contribution is 2.39. The number of aromatic hydroxyl groups is 1. The summed E-state index contributed by atoms with van der Waals surface area (Å²) in [5.41, 5.74) is -2.09. The van der Waals surface area contributed by atoms with Crippen molar-refractivity contribution in [3.05, 3.63) is 196 Å². The van der Waals surface area contributed by atoms with Crippen LogP contribution in [-0.2, 0) is 84.6 Å². The summed E-state index contributed by atoms with van der Waals surface area (Å²) in [6, 6.07) is 12.9. The number of methoxy groups -OCH3 is 1. The molecule has 540 valence electrons. The van der Waals surface area contributed by atoms with Crippen LogP contribution in [0, 0.1) is 20.2 Å². The molecule has 0 aliphatic carbocycles. The molecule has 0 fully saturated rings. The van der Waals surface area contributed by atoms with E-state index < -0.39 is 85.9 Å². The minimum atomic E-state index is -1.02. The summed E-state index contributed by atoms with van der Waals surface area (Å²) in [5, 5.41) is 42.3. The number of nitrogens with zero attached hydrogens (tertiary/aromatic N) is 2. The molecule has 2 aromatic heterocycles. The normalized spacial score (nSPS) is 11.0. The molecule has 2 unspecified atom stereocenters. The van der Waals surface area contributed by atoms with Crippen molar-refractivity contribution in [3.63, 3.8) is 0 Å². The van der Waals surface area contributed by atoms with Crippen molar-refractivity contribution in [2.24, 2.45) is 0 Å². The average molecular weight is 1470 g/mol. The average Bonchev–Trinajstić information content (AvgIpc) is 0.804. The number of nitro groups is 2. The summed E-state index contributed by atoms with van der Waals surface area (Å²) in [4.78, 5) is 138. The van der Waals surface area contributed by atoms with Crippen LogP contribution in [0.1, 0.15) is 87.6 Å². The lowest BCUT2D eigenvalue weighted by Gasteiger charge is -2.19. The highest BCUT2D eigenvalue weighted by Gasteiger charge is 2.27. The molecule has 6 rings (SSSR count). The maximum Gasteiger partial charge on any atom is 0.351 e. The van der Waals surface area contributed by atoms with Gasteiger partial charge in [-0.25, -0.2) is 38.4 Å². The molecule has 2 atom stereocenters. The van der Waals surface area contributed by atoms with E-state index >= 15 is 0 Å². The van der Waals surface area contributed by atoms with Gasteiger partial charge in [0, 0.05) is 76.4 Å². The van der Waals surface area contributed by atoms with Crippen LogP contribution in [0.15, 0.2) is 130 Å². The summed E-state index contributed by atoms with van der Waals surface area (Å²) >= 11 is 18.2. The topological polar surface area (TPSA) is 434 Å². The third-order valence-electron chi connectivity index (χ3n) is 12.9. The van der Waals surface area contributed by atoms with Crippen molar-refractivity contribution < 1.29 is 124 Å². The van der Waals surface area contributed by atoms with Crippen LogP contribution in [-0.4, -0.2) is 141 Å². The molecule has 0 radical (unpaired) electrons. The van der Waals surface area contributed by atoms with Crippen LogP contribution >= 0.6 is 34.8 Å². The molecular formula is C66H65Cl3N2O30. The van der Waals surface area contributed by atoms with E-state index in [9.17, 15) is 78.4 Å². The quantitative estimate of drug-likeness (QED) is 0.00540. The second-order valence-corrected chi connectivity index (χ2v) is 21.3. The molecule has 0 saturated carbocycles. The summed E-state index contributed by atoms with van der Waals surface area (Å²) in [5.74, 6) is -5.50. The van der Waals surface area contributed by atoms with Gasteiger partial charge in [0.15, 0.2) is 0 Å². The first-order valence-electron chi connectivity index (χ1n) is 29.4. The Morgan fingerprint density at radius 3 is 1.47 bits per heavy atom. The van der Waals surface area contributed by atoms with Gasteiger partial charge < -0.3 is 75.9 Å². The molecule has 2 N–H and O–H groups in total. The Labute approximate surface area is 587 Å². The van der Waals surface area contributed by atoms with E-state index in [0.29, 0.717) is 16.5 Å². The van der Waals surface area contributed by atoms with Crippen LogP contribution in [0.25, 0.3) is 21.9 Å². The number of aliphatic hydroxyl groups excluding tert-OH is 1. The molecule has 0 amide bonds. The number of hydrogen-bond acceptors (Lipinski definition) is 30. The van der Waals surface area contributed by atoms with Crippen LogP contribution < -0.4 is 25.5 Å². The number of phenolic OH excluding ortho intramolecular Hbond substituents is 1. The number of esters is 8. The fourth-order valence-electron chi connectivity index (χ4n) is 8.08. The lowest BCUT2D eigenvalue weighted by atomic mass is 10.0. The van der Waals surface area contributed by atoms with Crippen LogP contribution in [0.5, 0.6) is 23.0 Å². The number of carbonyl (C=O) groups is 8. The van der Waals surface area contributed by atoms with E-state index in [-0.39, 0.29) is 176 Å². The molecular weight excluding hydrogens is 1410 g/mol. The zero-order valence-corrected chi connectivity index (χ0v) is 56.3. The molecule has 6 aromatic rings. The Bertz CT molecular complexity index is 4180. The molecule has 0 bridgehead atoms. The number of ether oxygens (including phenoxy) is 12. The number of halogens is 3. The number of aliphatic hydroxyl groups is 1. The standard InChI is InChI=1S/C33H32ClNO15.C18H22ClNO8.C15H11ClO7/c1-5-29(36)45-9-10-47-31(38)7-8-44-18-21-15-25(35(41)42)22(16-26(21)43-4)19(3)49-28-17-27-20(14-24(28)34)13-23(33(40)50-27)32(39)48-12-11-46-30(37)6-2;1-3-17(22)27-7-8-28-18(23)5-4-6-26-16-10-15(20(24)25)14(12(2)19)9-13(16)11-21;1-2-13(18)21-3-4-22-14(19)9-5-8-6-10(16)11(17)7-12(8)23-15(9)20/h5-6,13-17,19H,1-2,7-12,18H2,3-4H3;3,9-10,12,21H,1,4-8,11H2,2H3;2,5-7,17H,1,3-4H2. The third kappa shape index (κ3) is 26.5. The van der Waals surface area contributed by atoms with E-state index in [2.05, 4.69) is 35.8 Å². The predicted molar refractivity (Wildman–Crippen MR) is 355 cm³/mol. The number of benzene rings is 4. The summed E-state index contributed by atoms with van der Waals surface area (Å²) in [6.45, 7) is 14.2. The Hall–Kier alpha value is -11.2. The van der Waals surface area contributed by atoms with Crippen molar-refractivity contribution in [2.45, 2.75) is 57.8 Å². The molecule has 2 heterocycles. The Morgan fingerprint density at radius 1 is 0.545 bits per heavy atom. The van der Waals surface area contributed by atoms with Gasteiger partial charge in [0.05, 0.1) is 76.9 Å². The van der Waals surface area contributed by atoms with Gasteiger partial charge in [0.25, 0.3) is 11.4 Å². The van der Waals surface area contributed by atoms with Crippen molar-refractivity contribution in [2.75, 3.05) is 73.2 Å². The van der Waals surface area contributed by atoms with Crippen LogP contribution in [0.3, 0.4) is 0 Å². The number of rotatable bonds is 36. The summed E-state index contributed by atoms with van der Waals surface area (Å²) in [7, 11) is 1.36. The maximum absolute atomic E-state index is 12.6. The van der Waals surface area contributed by atoms with E-state index in [4.69, 9.17) is 91.0 Å². The molecule has 0 spiro atoms. The maximum atomic E-state index is 12.6. The smallest absolute Gasteiger partial charge is 0.351 e. The van der Waals surface area contributed by atoms with E-state index in [1.165, 1.54) is 74.7 Å². The van der Waals surface area contributed by atoms with Gasteiger partial charge in [-0.1, -0.05) is 49.5 Å². The van der Waals surface area contributed by atoms with E-state index in [1.54, 1.807) is 6.92 Å². The molecule has 35 heteroatoms. The zero-order valence-electron chi connectivity index (χ0n) is 54.0. The van der Waals surface area contributed by atoms with Gasteiger partial charge >= 0.3 is 59.0 Å². The first-order chi connectivity index (χ1) is 48.1. The molecule has 101 heavy (non-hydrogen) atoms. The number of hydrogen-bond donors (Lipinski definition) is 2. The Kier molecular flexibility index (Phi) is 34.1. The van der Waals surface area contributed by atoms with Crippen molar-refractivity contribution in [1.29, 1.82) is 0 Å². The molecule has 4 aromatic carbocycles. The molecule has 0 aliphatic rings.